The van der Waals surface area contributed by atoms with Crippen molar-refractivity contribution in [3.05, 3.63) is 51.5 Å². The number of benzene rings is 1. The molecule has 0 bridgehead atoms. The Kier molecular flexibility index (Phi) is 4.12. The van der Waals surface area contributed by atoms with Crippen LogP contribution in [0.2, 0.25) is 5.02 Å². The zero-order valence-electron chi connectivity index (χ0n) is 11.0. The minimum atomic E-state index is 0.147. The highest BCUT2D eigenvalue weighted by molar-refractivity contribution is 9.10. The van der Waals surface area contributed by atoms with Crippen molar-refractivity contribution < 1.29 is 0 Å². The Labute approximate surface area is 131 Å². The van der Waals surface area contributed by atoms with Crippen LogP contribution in [0.3, 0.4) is 0 Å². The van der Waals surface area contributed by atoms with Crippen molar-refractivity contribution in [3.8, 4) is 0 Å². The van der Waals surface area contributed by atoms with Crippen LogP contribution in [0.1, 0.15) is 17.4 Å². The third kappa shape index (κ3) is 2.63. The van der Waals surface area contributed by atoms with Crippen LogP contribution in [-0.2, 0) is 13.1 Å². The summed E-state index contributed by atoms with van der Waals surface area (Å²) in [7, 11) is 0. The van der Waals surface area contributed by atoms with Crippen LogP contribution < -0.4 is 5.73 Å². The summed E-state index contributed by atoms with van der Waals surface area (Å²) >= 11 is 9.72. The molecule has 0 saturated heterocycles. The highest BCUT2D eigenvalue weighted by Gasteiger charge is 2.25. The molecular formula is C14H16BrClN4. The van der Waals surface area contributed by atoms with Gasteiger partial charge in [-0.2, -0.15) is 0 Å². The number of hydrogen-bond acceptors (Lipinski definition) is 3. The minimum absolute atomic E-state index is 0.147. The molecule has 1 aromatic heterocycles. The van der Waals surface area contributed by atoms with E-state index in [9.17, 15) is 0 Å². The van der Waals surface area contributed by atoms with Crippen LogP contribution in [0.25, 0.3) is 0 Å². The zero-order chi connectivity index (χ0) is 14.1. The molecule has 3 rings (SSSR count). The third-order valence-electron chi connectivity index (χ3n) is 3.76. The Balaban J connectivity index is 1.89. The first-order valence-corrected chi connectivity index (χ1v) is 7.75. The van der Waals surface area contributed by atoms with Crippen molar-refractivity contribution in [2.45, 2.75) is 19.1 Å². The Bertz CT molecular complexity index is 613. The molecule has 1 atom stereocenters. The highest BCUT2D eigenvalue weighted by Crippen LogP contribution is 2.31. The van der Waals surface area contributed by atoms with Gasteiger partial charge in [-0.3, -0.25) is 4.90 Å². The van der Waals surface area contributed by atoms with E-state index in [1.807, 2.05) is 30.6 Å². The molecule has 2 heterocycles. The van der Waals surface area contributed by atoms with E-state index in [1.54, 1.807) is 0 Å². The minimum Gasteiger partial charge on any atom is -0.333 e. The maximum absolute atomic E-state index is 6.12. The van der Waals surface area contributed by atoms with Gasteiger partial charge in [-0.1, -0.05) is 27.5 Å². The molecule has 2 aromatic rings. The average molecular weight is 356 g/mol. The van der Waals surface area contributed by atoms with Gasteiger partial charge in [0.15, 0.2) is 0 Å². The molecule has 0 saturated carbocycles. The number of halogens is 2. The highest BCUT2D eigenvalue weighted by atomic mass is 79.9. The van der Waals surface area contributed by atoms with Crippen molar-refractivity contribution in [2.75, 3.05) is 13.1 Å². The van der Waals surface area contributed by atoms with Gasteiger partial charge in [-0.05, 0) is 23.8 Å². The lowest BCUT2D eigenvalue weighted by Gasteiger charge is -2.35. The second-order valence-electron chi connectivity index (χ2n) is 4.92. The monoisotopic (exact) mass is 354 g/mol. The standard InChI is InChI=1S/C14H16BrClN4/c15-12-2-1-10(16)7-11(12)13(8-17)20-6-5-19-4-3-18-14(19)9-20/h1-4,7,13H,5-6,8-9,17H2. The van der Waals surface area contributed by atoms with Gasteiger partial charge in [0.1, 0.15) is 5.82 Å². The van der Waals surface area contributed by atoms with Crippen LogP contribution in [0, 0.1) is 0 Å². The summed E-state index contributed by atoms with van der Waals surface area (Å²) in [6, 6.07) is 6.00. The third-order valence-corrected chi connectivity index (χ3v) is 4.71. The van der Waals surface area contributed by atoms with Crippen LogP contribution in [0.15, 0.2) is 35.1 Å². The summed E-state index contributed by atoms with van der Waals surface area (Å²) in [5.41, 5.74) is 7.16. The van der Waals surface area contributed by atoms with Gasteiger partial charge in [0, 0.05) is 47.6 Å². The van der Waals surface area contributed by atoms with Crippen molar-refractivity contribution in [1.29, 1.82) is 0 Å². The number of rotatable bonds is 3. The van der Waals surface area contributed by atoms with E-state index in [4.69, 9.17) is 17.3 Å². The first-order chi connectivity index (χ1) is 9.69. The molecular weight excluding hydrogens is 340 g/mol. The molecule has 1 aliphatic heterocycles. The molecule has 20 heavy (non-hydrogen) atoms. The molecule has 0 fully saturated rings. The summed E-state index contributed by atoms with van der Waals surface area (Å²) in [5.74, 6) is 1.09. The number of nitrogens with zero attached hydrogens (tertiary/aromatic N) is 3. The molecule has 1 aromatic carbocycles. The molecule has 1 unspecified atom stereocenters. The van der Waals surface area contributed by atoms with Gasteiger partial charge < -0.3 is 10.3 Å². The summed E-state index contributed by atoms with van der Waals surface area (Å²) < 4.78 is 3.24. The lowest BCUT2D eigenvalue weighted by Crippen LogP contribution is -2.39. The predicted molar refractivity (Wildman–Crippen MR) is 83.6 cm³/mol. The Morgan fingerprint density at radius 1 is 1.40 bits per heavy atom. The maximum Gasteiger partial charge on any atom is 0.122 e. The van der Waals surface area contributed by atoms with Crippen molar-refractivity contribution in [2.24, 2.45) is 5.73 Å². The SMILES string of the molecule is NCC(c1cc(Cl)ccc1Br)N1CCn2ccnc2C1. The lowest BCUT2D eigenvalue weighted by molar-refractivity contribution is 0.156. The normalized spacial score (nSPS) is 16.9. The molecule has 1 aliphatic rings. The summed E-state index contributed by atoms with van der Waals surface area (Å²) in [6.45, 7) is 3.28. The number of hydrogen-bond donors (Lipinski definition) is 1. The molecule has 2 N–H and O–H groups in total. The van der Waals surface area contributed by atoms with Gasteiger partial charge in [0.25, 0.3) is 0 Å². The molecule has 106 valence electrons. The van der Waals surface area contributed by atoms with E-state index < -0.39 is 0 Å². The lowest BCUT2D eigenvalue weighted by atomic mass is 10.0. The van der Waals surface area contributed by atoms with E-state index in [-0.39, 0.29) is 6.04 Å². The van der Waals surface area contributed by atoms with Crippen LogP contribution in [-0.4, -0.2) is 27.5 Å². The van der Waals surface area contributed by atoms with E-state index in [0.29, 0.717) is 6.54 Å². The fourth-order valence-corrected chi connectivity index (χ4v) is 3.39. The van der Waals surface area contributed by atoms with Gasteiger partial charge in [0.2, 0.25) is 0 Å². The fraction of sp³-hybridized carbons (Fsp3) is 0.357. The van der Waals surface area contributed by atoms with E-state index in [2.05, 4.69) is 30.4 Å². The quantitative estimate of drug-likeness (QED) is 0.921. The molecule has 6 heteroatoms. The van der Waals surface area contributed by atoms with Gasteiger partial charge in [0.05, 0.1) is 6.54 Å². The smallest absolute Gasteiger partial charge is 0.122 e. The fourth-order valence-electron chi connectivity index (χ4n) is 2.70. The summed E-state index contributed by atoms with van der Waals surface area (Å²) in [6.07, 6.45) is 3.88. The van der Waals surface area contributed by atoms with Crippen molar-refractivity contribution in [1.82, 2.24) is 14.5 Å². The van der Waals surface area contributed by atoms with Gasteiger partial charge in [-0.15, -0.1) is 0 Å². The number of aromatic nitrogens is 2. The largest absolute Gasteiger partial charge is 0.333 e. The van der Waals surface area contributed by atoms with Crippen molar-refractivity contribution >= 4 is 27.5 Å². The predicted octanol–water partition coefficient (Wildman–Crippen LogP) is 2.81. The molecule has 4 nitrogen and oxygen atoms in total. The first-order valence-electron chi connectivity index (χ1n) is 6.58. The first kappa shape index (κ1) is 14.1. The second kappa shape index (κ2) is 5.85. The number of nitrogens with two attached hydrogens (primary N) is 1. The second-order valence-corrected chi connectivity index (χ2v) is 6.22. The topological polar surface area (TPSA) is 47.1 Å². The number of fused-ring (bicyclic) bond motifs is 1. The van der Waals surface area contributed by atoms with Crippen LogP contribution >= 0.6 is 27.5 Å². The summed E-state index contributed by atoms with van der Waals surface area (Å²) in [4.78, 5) is 6.76. The van der Waals surface area contributed by atoms with Gasteiger partial charge in [-0.25, -0.2) is 4.98 Å². The van der Waals surface area contributed by atoms with Crippen molar-refractivity contribution in [3.63, 3.8) is 0 Å². The van der Waals surface area contributed by atoms with Gasteiger partial charge >= 0.3 is 0 Å². The molecule has 0 spiro atoms. The summed E-state index contributed by atoms with van der Waals surface area (Å²) in [5, 5.41) is 0.736. The molecule has 0 amide bonds. The molecule has 0 aliphatic carbocycles. The van der Waals surface area contributed by atoms with Crippen LogP contribution in [0.4, 0.5) is 0 Å². The molecule has 0 radical (unpaired) electrons. The van der Waals surface area contributed by atoms with E-state index in [0.717, 1.165) is 40.5 Å². The Hall–Kier alpha value is -0.880. The van der Waals surface area contributed by atoms with E-state index in [1.165, 1.54) is 0 Å². The Morgan fingerprint density at radius 3 is 3.05 bits per heavy atom. The number of imidazole rings is 1. The van der Waals surface area contributed by atoms with Crippen LogP contribution in [0.5, 0.6) is 0 Å². The maximum atomic E-state index is 6.12. The Morgan fingerprint density at radius 2 is 2.25 bits per heavy atom. The van der Waals surface area contributed by atoms with E-state index >= 15 is 0 Å². The zero-order valence-corrected chi connectivity index (χ0v) is 13.3. The average Bonchev–Trinajstić information content (AvgIpc) is 2.91.